The third kappa shape index (κ3) is 1.93. The number of carbonyl (C=O) groups is 3. The second-order valence-corrected chi connectivity index (χ2v) is 5.50. The molecule has 2 amide bonds. The Labute approximate surface area is 136 Å². The lowest BCUT2D eigenvalue weighted by atomic mass is 10.1. The third-order valence-corrected chi connectivity index (χ3v) is 4.05. The highest BCUT2D eigenvalue weighted by Crippen LogP contribution is 2.25. The summed E-state index contributed by atoms with van der Waals surface area (Å²) >= 11 is 0. The summed E-state index contributed by atoms with van der Waals surface area (Å²) < 4.78 is 1.79. The van der Waals surface area contributed by atoms with Crippen LogP contribution in [0.1, 0.15) is 31.1 Å². The van der Waals surface area contributed by atoms with Crippen LogP contribution >= 0.6 is 0 Å². The summed E-state index contributed by atoms with van der Waals surface area (Å²) in [6.45, 7) is 0. The highest BCUT2D eigenvalue weighted by Gasteiger charge is 2.39. The van der Waals surface area contributed by atoms with Gasteiger partial charge in [-0.15, -0.1) is 0 Å². The number of benzene rings is 2. The van der Waals surface area contributed by atoms with Crippen LogP contribution in [0.3, 0.4) is 0 Å². The van der Waals surface area contributed by atoms with E-state index < -0.39 is 17.8 Å². The van der Waals surface area contributed by atoms with Gasteiger partial charge in [-0.05, 0) is 18.2 Å². The monoisotopic (exact) mass is 320 g/mol. The molecule has 0 radical (unpaired) electrons. The average Bonchev–Trinajstić information content (AvgIpc) is 3.06. The lowest BCUT2D eigenvalue weighted by Crippen LogP contribution is -2.32. The first-order valence-corrected chi connectivity index (χ1v) is 7.32. The van der Waals surface area contributed by atoms with E-state index in [1.54, 1.807) is 42.1 Å². The van der Waals surface area contributed by atoms with Gasteiger partial charge in [0.2, 0.25) is 0 Å². The van der Waals surface area contributed by atoms with E-state index in [9.17, 15) is 14.4 Å². The van der Waals surface area contributed by atoms with Gasteiger partial charge in [0.25, 0.3) is 11.8 Å². The molecular weight excluding hydrogens is 308 g/mol. The smallest absolute Gasteiger partial charge is 0.350 e. The molecule has 0 saturated carbocycles. The van der Waals surface area contributed by atoms with Crippen LogP contribution < -0.4 is 0 Å². The number of para-hydroxylation sites is 1. The van der Waals surface area contributed by atoms with Crippen LogP contribution in [0, 0.1) is 0 Å². The second-order valence-electron chi connectivity index (χ2n) is 5.50. The maximum absolute atomic E-state index is 12.5. The summed E-state index contributed by atoms with van der Waals surface area (Å²) in [6, 6.07) is 13.7. The predicted molar refractivity (Wildman–Crippen MR) is 85.3 cm³/mol. The fourth-order valence-electron chi connectivity index (χ4n) is 2.89. The molecule has 6 nitrogen and oxygen atoms in total. The molecular formula is C18H12N2O4. The molecule has 3 aromatic rings. The van der Waals surface area contributed by atoms with Gasteiger partial charge in [-0.3, -0.25) is 9.59 Å². The minimum absolute atomic E-state index is 0.230. The molecule has 0 saturated heterocycles. The molecule has 1 aliphatic rings. The van der Waals surface area contributed by atoms with Crippen LogP contribution in [-0.4, -0.2) is 27.4 Å². The van der Waals surface area contributed by atoms with Crippen molar-refractivity contribution in [1.82, 2.24) is 9.63 Å². The Bertz CT molecular complexity index is 984. The number of amides is 2. The van der Waals surface area contributed by atoms with Crippen molar-refractivity contribution in [2.75, 3.05) is 0 Å². The van der Waals surface area contributed by atoms with Gasteiger partial charge < -0.3 is 9.40 Å². The van der Waals surface area contributed by atoms with Crippen molar-refractivity contribution in [3.05, 3.63) is 71.4 Å². The summed E-state index contributed by atoms with van der Waals surface area (Å²) in [6.07, 6.45) is 1.62. The first-order valence-electron chi connectivity index (χ1n) is 7.32. The fourth-order valence-corrected chi connectivity index (χ4v) is 2.89. The van der Waals surface area contributed by atoms with Gasteiger partial charge in [0.1, 0.15) is 0 Å². The normalized spacial score (nSPS) is 13.5. The van der Waals surface area contributed by atoms with Crippen molar-refractivity contribution in [3.63, 3.8) is 0 Å². The molecule has 118 valence electrons. The van der Waals surface area contributed by atoms with E-state index in [0.717, 1.165) is 5.52 Å². The Kier molecular flexibility index (Phi) is 2.99. The van der Waals surface area contributed by atoms with E-state index in [1.165, 1.54) is 12.1 Å². The zero-order chi connectivity index (χ0) is 16.8. The topological polar surface area (TPSA) is 68.6 Å². The van der Waals surface area contributed by atoms with Gasteiger partial charge in [0.05, 0.1) is 16.7 Å². The summed E-state index contributed by atoms with van der Waals surface area (Å²) in [5.41, 5.74) is 1.61. The van der Waals surface area contributed by atoms with Crippen molar-refractivity contribution < 1.29 is 19.2 Å². The Morgan fingerprint density at radius 3 is 2.17 bits per heavy atom. The molecule has 0 unspecified atom stereocenters. The van der Waals surface area contributed by atoms with Crippen LogP contribution in [0.15, 0.2) is 54.7 Å². The Morgan fingerprint density at radius 1 is 0.917 bits per heavy atom. The largest absolute Gasteiger partial charge is 0.366 e. The lowest BCUT2D eigenvalue weighted by molar-refractivity contribution is -0.0583. The third-order valence-electron chi connectivity index (χ3n) is 4.05. The van der Waals surface area contributed by atoms with Crippen molar-refractivity contribution in [3.8, 4) is 0 Å². The number of imide groups is 1. The quantitative estimate of drug-likeness (QED) is 0.681. The van der Waals surface area contributed by atoms with Gasteiger partial charge in [0.15, 0.2) is 0 Å². The summed E-state index contributed by atoms with van der Waals surface area (Å²) in [7, 11) is 1.81. The van der Waals surface area contributed by atoms with Gasteiger partial charge in [0, 0.05) is 24.1 Å². The number of carbonyl (C=O) groups excluding carboxylic acids is 3. The van der Waals surface area contributed by atoms with E-state index in [4.69, 9.17) is 4.84 Å². The standard InChI is InChI=1S/C18H12N2O4/c1-19-10-14(11-6-4-5-9-15(11)19)18(23)24-20-16(21)12-7-2-3-8-13(12)17(20)22/h2-10H,1H3. The van der Waals surface area contributed by atoms with E-state index >= 15 is 0 Å². The molecule has 0 fully saturated rings. The highest BCUT2D eigenvalue weighted by atomic mass is 16.7. The number of aryl methyl sites for hydroxylation is 1. The molecule has 0 N–H and O–H groups in total. The van der Waals surface area contributed by atoms with E-state index in [0.29, 0.717) is 16.0 Å². The molecule has 1 aliphatic heterocycles. The molecule has 0 atom stereocenters. The SMILES string of the molecule is Cn1cc(C(=O)ON2C(=O)c3ccccc3C2=O)c2ccccc21. The zero-order valence-corrected chi connectivity index (χ0v) is 12.7. The number of hydrogen-bond donors (Lipinski definition) is 0. The molecule has 1 aromatic heterocycles. The van der Waals surface area contributed by atoms with Crippen LogP contribution in [0.2, 0.25) is 0 Å². The number of aromatic nitrogens is 1. The molecule has 0 spiro atoms. The minimum Gasteiger partial charge on any atom is -0.350 e. The number of hydroxylamine groups is 2. The van der Waals surface area contributed by atoms with Crippen molar-refractivity contribution in [1.29, 1.82) is 0 Å². The van der Waals surface area contributed by atoms with E-state index in [-0.39, 0.29) is 11.1 Å². The van der Waals surface area contributed by atoms with Crippen LogP contribution in [0.25, 0.3) is 10.9 Å². The minimum atomic E-state index is -0.749. The van der Waals surface area contributed by atoms with Crippen LogP contribution in [-0.2, 0) is 11.9 Å². The summed E-state index contributed by atoms with van der Waals surface area (Å²) in [5, 5.41) is 1.22. The van der Waals surface area contributed by atoms with Crippen molar-refractivity contribution >= 4 is 28.7 Å². The van der Waals surface area contributed by atoms with Gasteiger partial charge >= 0.3 is 5.97 Å². The first kappa shape index (κ1) is 14.2. The maximum atomic E-state index is 12.5. The molecule has 0 aliphatic carbocycles. The first-order chi connectivity index (χ1) is 11.6. The molecule has 4 rings (SSSR count). The molecule has 0 bridgehead atoms. The second kappa shape index (κ2) is 5.06. The van der Waals surface area contributed by atoms with Crippen LogP contribution in [0.4, 0.5) is 0 Å². The van der Waals surface area contributed by atoms with Crippen molar-refractivity contribution in [2.45, 2.75) is 0 Å². The molecule has 2 heterocycles. The Morgan fingerprint density at radius 2 is 1.50 bits per heavy atom. The van der Waals surface area contributed by atoms with E-state index in [2.05, 4.69) is 0 Å². The molecule has 6 heteroatoms. The highest BCUT2D eigenvalue weighted by molar-refractivity contribution is 6.21. The number of nitrogens with zero attached hydrogens (tertiary/aromatic N) is 2. The average molecular weight is 320 g/mol. The number of hydrogen-bond acceptors (Lipinski definition) is 4. The maximum Gasteiger partial charge on any atom is 0.366 e. The zero-order valence-electron chi connectivity index (χ0n) is 12.7. The Balaban J connectivity index is 1.68. The van der Waals surface area contributed by atoms with E-state index in [1.807, 2.05) is 12.1 Å². The Hall–Kier alpha value is -3.41. The fraction of sp³-hybridized carbons (Fsp3) is 0.0556. The summed E-state index contributed by atoms with van der Waals surface area (Å²) in [4.78, 5) is 42.1. The van der Waals surface area contributed by atoms with Crippen molar-refractivity contribution in [2.24, 2.45) is 7.05 Å². The lowest BCUT2D eigenvalue weighted by Gasteiger charge is -2.12. The number of rotatable bonds is 2. The van der Waals surface area contributed by atoms with Gasteiger partial charge in [-0.1, -0.05) is 35.4 Å². The molecule has 2 aromatic carbocycles. The van der Waals surface area contributed by atoms with Gasteiger partial charge in [-0.25, -0.2) is 4.79 Å². The molecule has 24 heavy (non-hydrogen) atoms. The predicted octanol–water partition coefficient (Wildman–Crippen LogP) is 2.55. The van der Waals surface area contributed by atoms with Crippen LogP contribution in [0.5, 0.6) is 0 Å². The number of fused-ring (bicyclic) bond motifs is 2. The van der Waals surface area contributed by atoms with Gasteiger partial charge in [-0.2, -0.15) is 0 Å². The summed E-state index contributed by atoms with van der Waals surface area (Å²) in [5.74, 6) is -2.02.